The van der Waals surface area contributed by atoms with E-state index in [0.717, 1.165) is 21.8 Å². The molecule has 0 saturated heterocycles. The summed E-state index contributed by atoms with van der Waals surface area (Å²) in [5.74, 6) is 0. The summed E-state index contributed by atoms with van der Waals surface area (Å²) in [5, 5.41) is 2.28. The lowest BCUT2D eigenvalue weighted by molar-refractivity contribution is 1.35. The molecule has 2 aromatic heterocycles. The molecule has 0 aliphatic heterocycles. The quantitative estimate of drug-likeness (QED) is 0.489. The van der Waals surface area contributed by atoms with Crippen molar-refractivity contribution in [3.8, 4) is 0 Å². The first-order valence-corrected chi connectivity index (χ1v) is 7.59. The van der Waals surface area contributed by atoms with Gasteiger partial charge < -0.3 is 0 Å². The van der Waals surface area contributed by atoms with Gasteiger partial charge in [0.1, 0.15) is 0 Å². The molecule has 100 valence electrons. The van der Waals surface area contributed by atoms with Crippen LogP contribution in [-0.4, -0.2) is 9.97 Å². The maximum Gasteiger partial charge on any atom is 0.0975 e. The van der Waals surface area contributed by atoms with Crippen LogP contribution in [0, 0.1) is 0 Å². The number of aromatic nitrogens is 2. The predicted octanol–water partition coefficient (Wildman–Crippen LogP) is 4.93. The normalized spacial score (nSPS) is 11.0. The second kappa shape index (κ2) is 5.19. The molecule has 2 aromatic carbocycles. The molecule has 2 heterocycles. The number of pyridine rings is 2. The largest absolute Gasteiger partial charge is 0.254 e. The zero-order valence-corrected chi connectivity index (χ0v) is 12.0. The summed E-state index contributed by atoms with van der Waals surface area (Å²) in [4.78, 5) is 11.5. The van der Waals surface area contributed by atoms with Crippen LogP contribution < -0.4 is 0 Å². The van der Waals surface area contributed by atoms with Crippen molar-refractivity contribution in [2.24, 2.45) is 0 Å². The Labute approximate surface area is 126 Å². The highest BCUT2D eigenvalue weighted by Gasteiger charge is 2.09. The van der Waals surface area contributed by atoms with Crippen molar-refractivity contribution < 1.29 is 0 Å². The topological polar surface area (TPSA) is 25.8 Å². The molecule has 0 aliphatic carbocycles. The van der Waals surface area contributed by atoms with Gasteiger partial charge >= 0.3 is 0 Å². The minimum Gasteiger partial charge on any atom is -0.254 e. The first-order chi connectivity index (χ1) is 10.4. The molecule has 0 amide bonds. The van der Waals surface area contributed by atoms with E-state index in [-0.39, 0.29) is 0 Å². The first-order valence-electron chi connectivity index (χ1n) is 6.77. The van der Waals surface area contributed by atoms with Crippen LogP contribution in [-0.2, 0) is 0 Å². The molecule has 0 fully saturated rings. The molecule has 0 N–H and O–H groups in total. The van der Waals surface area contributed by atoms with Crippen molar-refractivity contribution in [1.29, 1.82) is 0 Å². The summed E-state index contributed by atoms with van der Waals surface area (Å²) >= 11 is 1.76. The predicted molar refractivity (Wildman–Crippen MR) is 87.6 cm³/mol. The summed E-state index contributed by atoms with van der Waals surface area (Å²) < 4.78 is 0. The van der Waals surface area contributed by atoms with E-state index in [9.17, 15) is 0 Å². The Hall–Kier alpha value is -2.39. The minimum atomic E-state index is 0.963. The van der Waals surface area contributed by atoms with Gasteiger partial charge in [-0.2, -0.15) is 0 Å². The van der Waals surface area contributed by atoms with Gasteiger partial charge in [0.05, 0.1) is 11.0 Å². The molecule has 0 bridgehead atoms. The van der Waals surface area contributed by atoms with Crippen LogP contribution in [0.15, 0.2) is 82.8 Å². The Morgan fingerprint density at radius 2 is 1.48 bits per heavy atom. The van der Waals surface area contributed by atoms with Crippen molar-refractivity contribution in [2.45, 2.75) is 9.79 Å². The highest BCUT2D eigenvalue weighted by molar-refractivity contribution is 7.99. The van der Waals surface area contributed by atoms with Crippen LogP contribution in [0.3, 0.4) is 0 Å². The lowest BCUT2D eigenvalue weighted by Crippen LogP contribution is -1.87. The zero-order valence-electron chi connectivity index (χ0n) is 11.2. The smallest absolute Gasteiger partial charge is 0.0975 e. The van der Waals surface area contributed by atoms with E-state index in [1.54, 1.807) is 11.8 Å². The van der Waals surface area contributed by atoms with Crippen LogP contribution in [0.4, 0.5) is 0 Å². The lowest BCUT2D eigenvalue weighted by atomic mass is 10.1. The SMILES string of the molecule is c1ccc(Sc2cc3cccnc3c3ncccc23)cc1. The second-order valence-corrected chi connectivity index (χ2v) is 5.88. The van der Waals surface area contributed by atoms with Crippen molar-refractivity contribution in [3.63, 3.8) is 0 Å². The molecule has 2 nitrogen and oxygen atoms in total. The van der Waals surface area contributed by atoms with E-state index in [0.29, 0.717) is 0 Å². The van der Waals surface area contributed by atoms with Gasteiger partial charge in [-0.3, -0.25) is 9.97 Å². The van der Waals surface area contributed by atoms with E-state index in [2.05, 4.69) is 52.4 Å². The minimum absolute atomic E-state index is 0.963. The van der Waals surface area contributed by atoms with E-state index >= 15 is 0 Å². The van der Waals surface area contributed by atoms with Crippen LogP contribution in [0.2, 0.25) is 0 Å². The van der Waals surface area contributed by atoms with Crippen LogP contribution in [0.1, 0.15) is 0 Å². The third-order valence-corrected chi connectivity index (χ3v) is 4.46. The van der Waals surface area contributed by atoms with Crippen molar-refractivity contribution in [1.82, 2.24) is 9.97 Å². The molecule has 0 atom stereocenters. The van der Waals surface area contributed by atoms with Gasteiger partial charge in [-0.1, -0.05) is 42.1 Å². The van der Waals surface area contributed by atoms with Crippen LogP contribution in [0.5, 0.6) is 0 Å². The third kappa shape index (κ3) is 2.26. The number of rotatable bonds is 2. The van der Waals surface area contributed by atoms with E-state index in [1.807, 2.05) is 30.6 Å². The number of hydrogen-bond acceptors (Lipinski definition) is 3. The van der Waals surface area contributed by atoms with E-state index in [1.165, 1.54) is 9.79 Å². The summed E-state index contributed by atoms with van der Waals surface area (Å²) in [6.45, 7) is 0. The fraction of sp³-hybridized carbons (Fsp3) is 0. The van der Waals surface area contributed by atoms with Crippen molar-refractivity contribution >= 4 is 33.6 Å². The van der Waals surface area contributed by atoms with Crippen LogP contribution >= 0.6 is 11.8 Å². The van der Waals surface area contributed by atoms with Crippen molar-refractivity contribution in [3.05, 3.63) is 73.1 Å². The molecule has 21 heavy (non-hydrogen) atoms. The summed E-state index contributed by atoms with van der Waals surface area (Å²) in [6, 6.07) is 20.8. The Morgan fingerprint density at radius 3 is 2.33 bits per heavy atom. The molecule has 4 aromatic rings. The van der Waals surface area contributed by atoms with Gasteiger partial charge in [-0.15, -0.1) is 0 Å². The fourth-order valence-electron chi connectivity index (χ4n) is 2.44. The first kappa shape index (κ1) is 12.4. The van der Waals surface area contributed by atoms with Gasteiger partial charge in [0, 0.05) is 33.0 Å². The highest BCUT2D eigenvalue weighted by atomic mass is 32.2. The number of nitrogens with zero attached hydrogens (tertiary/aromatic N) is 2. The Morgan fingerprint density at radius 1 is 0.714 bits per heavy atom. The molecule has 3 heteroatoms. The molecule has 0 saturated carbocycles. The average molecular weight is 288 g/mol. The number of benzene rings is 2. The maximum absolute atomic E-state index is 4.54. The molecular weight excluding hydrogens is 276 g/mol. The lowest BCUT2D eigenvalue weighted by Gasteiger charge is -2.08. The van der Waals surface area contributed by atoms with Gasteiger partial charge in [-0.25, -0.2) is 0 Å². The molecular formula is C18H12N2S. The molecule has 0 radical (unpaired) electrons. The van der Waals surface area contributed by atoms with E-state index in [4.69, 9.17) is 0 Å². The monoisotopic (exact) mass is 288 g/mol. The standard InChI is InChI=1S/C18H12N2S/c1-2-7-14(8-3-1)21-16-12-13-6-4-10-19-17(13)18-15(16)9-5-11-20-18/h1-12H. The van der Waals surface area contributed by atoms with Gasteiger partial charge in [0.2, 0.25) is 0 Å². The average Bonchev–Trinajstić information content (AvgIpc) is 2.56. The Kier molecular flexibility index (Phi) is 3.05. The Balaban J connectivity index is 1.98. The summed E-state index contributed by atoms with van der Waals surface area (Å²) in [6.07, 6.45) is 3.65. The molecule has 4 rings (SSSR count). The molecule has 0 spiro atoms. The fourth-order valence-corrected chi connectivity index (χ4v) is 3.45. The molecule has 0 aliphatic rings. The third-order valence-electron chi connectivity index (χ3n) is 3.39. The second-order valence-electron chi connectivity index (χ2n) is 4.76. The zero-order chi connectivity index (χ0) is 14.1. The van der Waals surface area contributed by atoms with Crippen molar-refractivity contribution in [2.75, 3.05) is 0 Å². The van der Waals surface area contributed by atoms with Gasteiger partial charge in [-0.05, 0) is 30.3 Å². The summed E-state index contributed by atoms with van der Waals surface area (Å²) in [5.41, 5.74) is 1.93. The van der Waals surface area contributed by atoms with Crippen LogP contribution in [0.25, 0.3) is 21.8 Å². The van der Waals surface area contributed by atoms with Gasteiger partial charge in [0.15, 0.2) is 0 Å². The highest BCUT2D eigenvalue weighted by Crippen LogP contribution is 2.36. The Bertz CT molecular complexity index is 920. The summed E-state index contributed by atoms with van der Waals surface area (Å²) in [7, 11) is 0. The van der Waals surface area contributed by atoms with Gasteiger partial charge in [0.25, 0.3) is 0 Å². The number of fused-ring (bicyclic) bond motifs is 3. The van der Waals surface area contributed by atoms with E-state index < -0.39 is 0 Å². The maximum atomic E-state index is 4.54. The number of hydrogen-bond donors (Lipinski definition) is 0. The molecule has 0 unspecified atom stereocenters.